The molecule has 0 heterocycles. The van der Waals surface area contributed by atoms with Crippen molar-refractivity contribution in [2.45, 2.75) is 25.3 Å². The topological polar surface area (TPSA) is 12.0 Å². The quantitative estimate of drug-likeness (QED) is 0.789. The second kappa shape index (κ2) is 4.82. The highest BCUT2D eigenvalue weighted by atomic mass is 19.3. The highest BCUT2D eigenvalue weighted by molar-refractivity contribution is 5.29. The zero-order valence-corrected chi connectivity index (χ0v) is 8.98. The molecule has 1 N–H and O–H groups in total. The lowest BCUT2D eigenvalue weighted by atomic mass is 10.0. The molecule has 0 fully saturated rings. The molecule has 1 atom stereocenters. The Morgan fingerprint density at radius 1 is 1.25 bits per heavy atom. The van der Waals surface area contributed by atoms with Crippen molar-refractivity contribution >= 4 is 0 Å². The van der Waals surface area contributed by atoms with E-state index in [2.05, 4.69) is 5.32 Å². The third kappa shape index (κ3) is 2.52. The van der Waals surface area contributed by atoms with Gasteiger partial charge in [-0.05, 0) is 25.6 Å². The summed E-state index contributed by atoms with van der Waals surface area (Å²) < 4.78 is 50.4. The molecule has 0 aromatic heterocycles. The summed E-state index contributed by atoms with van der Waals surface area (Å²) in [4.78, 5) is 0. The maximum atomic E-state index is 13.1. The average molecular weight is 235 g/mol. The summed E-state index contributed by atoms with van der Waals surface area (Å²) in [5.41, 5.74) is -0.0950. The fourth-order valence-electron chi connectivity index (χ4n) is 1.31. The van der Waals surface area contributed by atoms with Gasteiger partial charge in [-0.2, -0.15) is 8.78 Å². The smallest absolute Gasteiger partial charge is 0.313 e. The maximum absolute atomic E-state index is 13.1. The number of benzene rings is 1. The lowest BCUT2D eigenvalue weighted by Crippen LogP contribution is -2.24. The summed E-state index contributed by atoms with van der Waals surface area (Å²) in [6.45, 7) is 1.76. The van der Waals surface area contributed by atoms with Gasteiger partial charge in [0.1, 0.15) is 0 Å². The Morgan fingerprint density at radius 2 is 1.88 bits per heavy atom. The van der Waals surface area contributed by atoms with Gasteiger partial charge < -0.3 is 5.32 Å². The van der Waals surface area contributed by atoms with Crippen molar-refractivity contribution < 1.29 is 17.6 Å². The van der Waals surface area contributed by atoms with Crippen molar-refractivity contribution in [2.24, 2.45) is 0 Å². The predicted molar refractivity (Wildman–Crippen MR) is 53.8 cm³/mol. The minimum absolute atomic E-state index is 0.159. The van der Waals surface area contributed by atoms with Gasteiger partial charge in [0, 0.05) is 11.6 Å². The number of hydrogen-bond donors (Lipinski definition) is 1. The van der Waals surface area contributed by atoms with E-state index in [1.807, 2.05) is 0 Å². The van der Waals surface area contributed by atoms with Crippen LogP contribution in [0.1, 0.15) is 24.1 Å². The summed E-state index contributed by atoms with van der Waals surface area (Å²) in [6, 6.07) is 4.93. The molecule has 0 amide bonds. The normalized spacial score (nSPS) is 14.2. The SMILES string of the molecule is CNC(C)c1cccc(C(F)(F)C(F)F)c1. The zero-order valence-electron chi connectivity index (χ0n) is 8.98. The number of hydrogen-bond acceptors (Lipinski definition) is 1. The van der Waals surface area contributed by atoms with Crippen LogP contribution in [0.25, 0.3) is 0 Å². The summed E-state index contributed by atoms with van der Waals surface area (Å²) in [5, 5.41) is 2.86. The predicted octanol–water partition coefficient (Wildman–Crippen LogP) is 3.32. The first-order valence-corrected chi connectivity index (χ1v) is 4.83. The van der Waals surface area contributed by atoms with Crippen molar-refractivity contribution in [2.75, 3.05) is 7.05 Å². The van der Waals surface area contributed by atoms with E-state index >= 15 is 0 Å². The van der Waals surface area contributed by atoms with Crippen LogP contribution in [0, 0.1) is 0 Å². The second-order valence-corrected chi connectivity index (χ2v) is 3.56. The molecule has 1 aromatic rings. The van der Waals surface area contributed by atoms with Gasteiger partial charge in [-0.25, -0.2) is 8.78 Å². The molecule has 90 valence electrons. The Kier molecular flexibility index (Phi) is 3.91. The molecule has 16 heavy (non-hydrogen) atoms. The zero-order chi connectivity index (χ0) is 12.3. The van der Waals surface area contributed by atoms with Crippen LogP contribution >= 0.6 is 0 Å². The molecule has 0 aliphatic carbocycles. The van der Waals surface area contributed by atoms with Gasteiger partial charge in [0.15, 0.2) is 0 Å². The molecule has 1 nitrogen and oxygen atoms in total. The van der Waals surface area contributed by atoms with Crippen LogP contribution in [0.2, 0.25) is 0 Å². The van der Waals surface area contributed by atoms with Gasteiger partial charge >= 0.3 is 12.3 Å². The lowest BCUT2D eigenvalue weighted by molar-refractivity contribution is -0.135. The van der Waals surface area contributed by atoms with E-state index in [9.17, 15) is 17.6 Å². The molecule has 0 aliphatic heterocycles. The molecule has 1 unspecified atom stereocenters. The van der Waals surface area contributed by atoms with Crippen LogP contribution in [-0.4, -0.2) is 13.5 Å². The van der Waals surface area contributed by atoms with Crippen LogP contribution in [0.15, 0.2) is 24.3 Å². The van der Waals surface area contributed by atoms with Crippen molar-refractivity contribution in [1.82, 2.24) is 5.32 Å². The van der Waals surface area contributed by atoms with E-state index in [0.29, 0.717) is 5.56 Å². The van der Waals surface area contributed by atoms with Crippen LogP contribution in [0.3, 0.4) is 0 Å². The first-order valence-electron chi connectivity index (χ1n) is 4.83. The molecule has 0 spiro atoms. The highest BCUT2D eigenvalue weighted by Gasteiger charge is 2.42. The van der Waals surface area contributed by atoms with E-state index < -0.39 is 17.9 Å². The molecule has 0 radical (unpaired) electrons. The first kappa shape index (κ1) is 13.0. The summed E-state index contributed by atoms with van der Waals surface area (Å²) in [6.07, 6.45) is -3.69. The van der Waals surface area contributed by atoms with Crippen molar-refractivity contribution in [1.29, 1.82) is 0 Å². The van der Waals surface area contributed by atoms with Crippen LogP contribution < -0.4 is 5.32 Å². The van der Waals surface area contributed by atoms with E-state index in [1.54, 1.807) is 20.0 Å². The second-order valence-electron chi connectivity index (χ2n) is 3.56. The molecule has 1 rings (SSSR count). The Labute approximate surface area is 91.5 Å². The monoisotopic (exact) mass is 235 g/mol. The summed E-state index contributed by atoms with van der Waals surface area (Å²) >= 11 is 0. The largest absolute Gasteiger partial charge is 0.332 e. The molecule has 0 saturated carbocycles. The minimum Gasteiger partial charge on any atom is -0.313 e. The van der Waals surface area contributed by atoms with Crippen LogP contribution in [0.4, 0.5) is 17.6 Å². The van der Waals surface area contributed by atoms with Crippen molar-refractivity contribution in [3.05, 3.63) is 35.4 Å². The molecule has 5 heteroatoms. The highest BCUT2D eigenvalue weighted by Crippen LogP contribution is 2.35. The minimum atomic E-state index is -4.09. The van der Waals surface area contributed by atoms with E-state index in [4.69, 9.17) is 0 Å². The molecular formula is C11H13F4N. The standard InChI is InChI=1S/C11H13F4N/c1-7(16-2)8-4-3-5-9(6-8)11(14,15)10(12)13/h3-7,10,16H,1-2H3. The summed E-state index contributed by atoms with van der Waals surface area (Å²) in [7, 11) is 1.67. The number of rotatable bonds is 4. The van der Waals surface area contributed by atoms with E-state index in [1.165, 1.54) is 6.07 Å². The summed E-state index contributed by atoms with van der Waals surface area (Å²) in [5.74, 6) is -4.09. The average Bonchev–Trinajstić information content (AvgIpc) is 2.28. The molecule has 1 aromatic carbocycles. The molecule has 0 saturated heterocycles. The van der Waals surface area contributed by atoms with Gasteiger partial charge in [0.2, 0.25) is 0 Å². The molecular weight excluding hydrogens is 222 g/mol. The Hall–Kier alpha value is -1.10. The van der Waals surface area contributed by atoms with Gasteiger partial charge in [-0.15, -0.1) is 0 Å². The third-order valence-corrected chi connectivity index (χ3v) is 2.48. The lowest BCUT2D eigenvalue weighted by Gasteiger charge is -2.18. The third-order valence-electron chi connectivity index (χ3n) is 2.48. The van der Waals surface area contributed by atoms with Crippen LogP contribution in [-0.2, 0) is 5.92 Å². The van der Waals surface area contributed by atoms with Gasteiger partial charge in [0.05, 0.1) is 0 Å². The van der Waals surface area contributed by atoms with Gasteiger partial charge in [-0.3, -0.25) is 0 Å². The van der Waals surface area contributed by atoms with Gasteiger partial charge in [0.25, 0.3) is 0 Å². The Bertz CT molecular complexity index is 352. The van der Waals surface area contributed by atoms with E-state index in [0.717, 1.165) is 12.1 Å². The van der Waals surface area contributed by atoms with Crippen molar-refractivity contribution in [3.63, 3.8) is 0 Å². The molecule has 0 bridgehead atoms. The number of halogens is 4. The molecule has 0 aliphatic rings. The first-order chi connectivity index (χ1) is 7.39. The van der Waals surface area contributed by atoms with Crippen LogP contribution in [0.5, 0.6) is 0 Å². The van der Waals surface area contributed by atoms with E-state index in [-0.39, 0.29) is 6.04 Å². The van der Waals surface area contributed by atoms with Crippen molar-refractivity contribution in [3.8, 4) is 0 Å². The fraction of sp³-hybridized carbons (Fsp3) is 0.455. The van der Waals surface area contributed by atoms with Gasteiger partial charge in [-0.1, -0.05) is 18.2 Å². The number of nitrogens with one attached hydrogen (secondary N) is 1. The number of alkyl halides is 4. The fourth-order valence-corrected chi connectivity index (χ4v) is 1.31. The maximum Gasteiger partial charge on any atom is 0.332 e. The Morgan fingerprint density at radius 3 is 2.38 bits per heavy atom. The Balaban J connectivity index is 3.07.